The molecule has 0 radical (unpaired) electrons. The second kappa shape index (κ2) is 12.6. The van der Waals surface area contributed by atoms with Crippen LogP contribution < -0.4 is 10.5 Å². The maximum absolute atomic E-state index is 13.6. The molecule has 2 bridgehead atoms. The first-order valence-electron chi connectivity index (χ1n) is 13.0. The molecule has 1 aliphatic heterocycles. The molecule has 0 fully saturated rings. The van der Waals surface area contributed by atoms with Crippen molar-refractivity contribution in [1.29, 1.82) is 0 Å². The van der Waals surface area contributed by atoms with Crippen molar-refractivity contribution in [3.05, 3.63) is 114 Å². The molecule has 0 unspecified atom stereocenters. The van der Waals surface area contributed by atoms with Gasteiger partial charge >= 0.3 is 0 Å². The Morgan fingerprint density at radius 1 is 0.949 bits per heavy atom. The molecule has 0 spiro atoms. The standard InChI is InChI=1S/C31H31FN4O3/c32-28-6-2-4-23(15-28)16-29(33)31(37)36-9-10-38-11-12-39-30-8-7-25(27-18-34-21-35-19-27)17-26(30)14-22-3-1-5-24(13-22)20-36/h1-8,13,15,17-19,21,29H,9-12,14,16,20,33H2/t29-/m1/s1. The highest BCUT2D eigenvalue weighted by Crippen LogP contribution is 2.28. The molecule has 0 saturated heterocycles. The SMILES string of the molecule is N[C@H](Cc1cccc(F)c1)C(=O)N1CCOCCOc2ccc(-c3cncnc3)cc2Cc2cccc(c2)C1. The van der Waals surface area contributed by atoms with Crippen molar-refractivity contribution in [2.75, 3.05) is 26.4 Å². The number of amides is 1. The van der Waals surface area contributed by atoms with E-state index in [1.165, 1.54) is 18.5 Å². The molecule has 4 aromatic rings. The van der Waals surface area contributed by atoms with E-state index in [1.807, 2.05) is 24.3 Å². The zero-order valence-corrected chi connectivity index (χ0v) is 21.6. The summed E-state index contributed by atoms with van der Waals surface area (Å²) in [6.07, 6.45) is 6.00. The molecule has 1 aromatic heterocycles. The Morgan fingerprint density at radius 3 is 2.62 bits per heavy atom. The number of fused-ring (bicyclic) bond motifs is 3. The number of carbonyl (C=O) groups excluding carboxylic acids is 1. The maximum Gasteiger partial charge on any atom is 0.240 e. The molecule has 7 nitrogen and oxygen atoms in total. The lowest BCUT2D eigenvalue weighted by molar-refractivity contribution is -0.134. The lowest BCUT2D eigenvalue weighted by Crippen LogP contribution is -2.45. The van der Waals surface area contributed by atoms with Gasteiger partial charge in [0.2, 0.25) is 5.91 Å². The zero-order chi connectivity index (χ0) is 27.0. The normalized spacial score (nSPS) is 15.0. The van der Waals surface area contributed by atoms with Gasteiger partial charge in [-0.15, -0.1) is 0 Å². The quantitative estimate of drug-likeness (QED) is 0.429. The van der Waals surface area contributed by atoms with E-state index in [9.17, 15) is 9.18 Å². The van der Waals surface area contributed by atoms with Crippen LogP contribution in [0.5, 0.6) is 5.75 Å². The van der Waals surface area contributed by atoms with Crippen molar-refractivity contribution in [2.24, 2.45) is 5.73 Å². The van der Waals surface area contributed by atoms with Gasteiger partial charge in [-0.25, -0.2) is 14.4 Å². The van der Waals surface area contributed by atoms with Gasteiger partial charge in [0.1, 0.15) is 24.5 Å². The fourth-order valence-electron chi connectivity index (χ4n) is 4.76. The highest BCUT2D eigenvalue weighted by Gasteiger charge is 2.22. The summed E-state index contributed by atoms with van der Waals surface area (Å²) in [4.78, 5) is 23.4. The monoisotopic (exact) mass is 526 g/mol. The first-order chi connectivity index (χ1) is 19.0. The molecule has 2 N–H and O–H groups in total. The zero-order valence-electron chi connectivity index (χ0n) is 21.6. The topological polar surface area (TPSA) is 90.6 Å². The molecular formula is C31H31FN4O3. The summed E-state index contributed by atoms with van der Waals surface area (Å²) in [5.74, 6) is 0.266. The predicted octanol–water partition coefficient (Wildman–Crippen LogP) is 4.18. The second-order valence-electron chi connectivity index (χ2n) is 9.61. The van der Waals surface area contributed by atoms with Crippen molar-refractivity contribution in [2.45, 2.75) is 25.4 Å². The molecule has 200 valence electrons. The summed E-state index contributed by atoms with van der Waals surface area (Å²) in [6, 6.07) is 19.7. The number of hydrogen-bond donors (Lipinski definition) is 1. The van der Waals surface area contributed by atoms with Crippen molar-refractivity contribution < 1.29 is 18.7 Å². The summed E-state index contributed by atoms with van der Waals surface area (Å²) in [6.45, 7) is 1.90. The fraction of sp³-hybridized carbons (Fsp3) is 0.258. The van der Waals surface area contributed by atoms with Crippen molar-refractivity contribution in [3.63, 3.8) is 0 Å². The van der Waals surface area contributed by atoms with Gasteiger partial charge in [-0.2, -0.15) is 0 Å². The number of nitrogens with two attached hydrogens (primary N) is 1. The Kier molecular flexibility index (Phi) is 8.55. The molecule has 2 heterocycles. The van der Waals surface area contributed by atoms with Crippen LogP contribution in [-0.4, -0.2) is 53.2 Å². The van der Waals surface area contributed by atoms with Crippen molar-refractivity contribution in [3.8, 4) is 16.9 Å². The number of ether oxygens (including phenoxy) is 2. The molecule has 1 atom stereocenters. The van der Waals surface area contributed by atoms with Gasteiger partial charge in [-0.3, -0.25) is 4.79 Å². The fourth-order valence-corrected chi connectivity index (χ4v) is 4.76. The average Bonchev–Trinajstić information content (AvgIpc) is 2.94. The molecule has 0 saturated carbocycles. The minimum absolute atomic E-state index is 0.198. The Hall–Kier alpha value is -4.14. The third kappa shape index (κ3) is 7.04. The Morgan fingerprint density at radius 2 is 1.77 bits per heavy atom. The number of carbonyl (C=O) groups is 1. The average molecular weight is 527 g/mol. The third-order valence-electron chi connectivity index (χ3n) is 6.68. The summed E-state index contributed by atoms with van der Waals surface area (Å²) >= 11 is 0. The summed E-state index contributed by atoms with van der Waals surface area (Å²) < 4.78 is 25.5. The van der Waals surface area contributed by atoms with Gasteiger partial charge in [-0.05, 0) is 58.5 Å². The number of nitrogens with zero attached hydrogens (tertiary/aromatic N) is 3. The van der Waals surface area contributed by atoms with Crippen LogP contribution in [0.15, 0.2) is 85.5 Å². The highest BCUT2D eigenvalue weighted by atomic mass is 19.1. The summed E-state index contributed by atoms with van der Waals surface area (Å²) in [5, 5.41) is 0. The van der Waals surface area contributed by atoms with Crippen LogP contribution in [0.3, 0.4) is 0 Å². The summed E-state index contributed by atoms with van der Waals surface area (Å²) in [7, 11) is 0. The number of benzene rings is 3. The van der Waals surface area contributed by atoms with E-state index >= 15 is 0 Å². The molecular weight excluding hydrogens is 495 g/mol. The van der Waals surface area contributed by atoms with Gasteiger partial charge in [0, 0.05) is 37.5 Å². The molecule has 5 rings (SSSR count). The van der Waals surface area contributed by atoms with Crippen LogP contribution in [-0.2, 0) is 28.9 Å². The van der Waals surface area contributed by atoms with Crippen LogP contribution >= 0.6 is 0 Å². The third-order valence-corrected chi connectivity index (χ3v) is 6.68. The number of halogens is 1. The van der Waals surface area contributed by atoms with E-state index in [0.29, 0.717) is 44.9 Å². The van der Waals surface area contributed by atoms with E-state index in [-0.39, 0.29) is 18.1 Å². The minimum atomic E-state index is -0.788. The van der Waals surface area contributed by atoms with Gasteiger partial charge < -0.3 is 20.1 Å². The maximum atomic E-state index is 13.6. The first kappa shape index (κ1) is 26.5. The molecule has 1 amide bonds. The molecule has 39 heavy (non-hydrogen) atoms. The number of rotatable bonds is 4. The van der Waals surface area contributed by atoms with Crippen LogP contribution in [0.4, 0.5) is 4.39 Å². The van der Waals surface area contributed by atoms with Crippen LogP contribution in [0, 0.1) is 5.82 Å². The smallest absolute Gasteiger partial charge is 0.240 e. The van der Waals surface area contributed by atoms with Gasteiger partial charge in [0.25, 0.3) is 0 Å². The van der Waals surface area contributed by atoms with Crippen LogP contribution in [0.2, 0.25) is 0 Å². The molecule has 3 aromatic carbocycles. The Bertz CT molecular complexity index is 1420. The van der Waals surface area contributed by atoms with Gasteiger partial charge in [-0.1, -0.05) is 42.5 Å². The van der Waals surface area contributed by atoms with Gasteiger partial charge in [0.05, 0.1) is 19.3 Å². The Balaban J connectivity index is 1.38. The highest BCUT2D eigenvalue weighted by molar-refractivity contribution is 5.82. The molecule has 1 aliphatic rings. The Labute approximate surface area is 227 Å². The van der Waals surface area contributed by atoms with E-state index in [0.717, 1.165) is 33.6 Å². The molecule has 0 aliphatic carbocycles. The lowest BCUT2D eigenvalue weighted by atomic mass is 9.98. The largest absolute Gasteiger partial charge is 0.491 e. The first-order valence-corrected chi connectivity index (χ1v) is 13.0. The van der Waals surface area contributed by atoms with Gasteiger partial charge in [0.15, 0.2) is 0 Å². The van der Waals surface area contributed by atoms with Crippen molar-refractivity contribution in [1.82, 2.24) is 14.9 Å². The van der Waals surface area contributed by atoms with E-state index in [2.05, 4.69) is 28.2 Å². The van der Waals surface area contributed by atoms with E-state index in [1.54, 1.807) is 29.4 Å². The number of hydrogen-bond acceptors (Lipinski definition) is 6. The summed E-state index contributed by atoms with van der Waals surface area (Å²) in [5.41, 5.74) is 12.1. The van der Waals surface area contributed by atoms with Crippen LogP contribution in [0.1, 0.15) is 22.3 Å². The molecule has 8 heteroatoms. The van der Waals surface area contributed by atoms with Crippen molar-refractivity contribution >= 4 is 5.91 Å². The van der Waals surface area contributed by atoms with E-state index in [4.69, 9.17) is 15.2 Å². The number of aromatic nitrogens is 2. The van der Waals surface area contributed by atoms with Crippen LogP contribution in [0.25, 0.3) is 11.1 Å². The second-order valence-corrected chi connectivity index (χ2v) is 9.61. The minimum Gasteiger partial charge on any atom is -0.491 e. The predicted molar refractivity (Wildman–Crippen MR) is 147 cm³/mol. The lowest BCUT2D eigenvalue weighted by Gasteiger charge is -2.26. The van der Waals surface area contributed by atoms with E-state index < -0.39 is 6.04 Å².